The highest BCUT2D eigenvalue weighted by molar-refractivity contribution is 5.98. The van der Waals surface area contributed by atoms with Gasteiger partial charge in [-0.25, -0.2) is 0 Å². The van der Waals surface area contributed by atoms with Gasteiger partial charge in [0.1, 0.15) is 42.3 Å². The summed E-state index contributed by atoms with van der Waals surface area (Å²) in [6.45, 7) is 12.1. The molecule has 0 fully saturated rings. The summed E-state index contributed by atoms with van der Waals surface area (Å²) in [5.74, 6) is -7.46. The second-order valence-electron chi connectivity index (χ2n) is 20.5. The van der Waals surface area contributed by atoms with E-state index in [9.17, 15) is 43.2 Å². The van der Waals surface area contributed by atoms with Gasteiger partial charge in [-0.05, 0) is 93.4 Å². The van der Waals surface area contributed by atoms with Crippen LogP contribution in [0.3, 0.4) is 0 Å². The minimum Gasteiger partial charge on any atom is -0.370 e. The number of carbonyl (C=O) groups excluding carboxylic acids is 9. The summed E-state index contributed by atoms with van der Waals surface area (Å²) < 4.78 is 0. The van der Waals surface area contributed by atoms with Crippen LogP contribution in [0.15, 0.2) is 65.8 Å². The Balaban J connectivity index is 1.81. The highest BCUT2D eigenvalue weighted by atomic mass is 16.2. The monoisotopic (exact) mass is 1090 g/mol. The van der Waals surface area contributed by atoms with E-state index in [1.54, 1.807) is 27.0 Å². The molecule has 78 heavy (non-hydrogen) atoms. The Hall–Kier alpha value is -7.60. The lowest BCUT2D eigenvalue weighted by Crippen LogP contribution is -2.61. The van der Waals surface area contributed by atoms with E-state index in [0.29, 0.717) is 37.8 Å². The van der Waals surface area contributed by atoms with Crippen LogP contribution < -0.4 is 71.2 Å². The molecule has 3 rings (SSSR count). The number of nitrogens with two attached hydrogens (primary N) is 5. The first-order valence-corrected chi connectivity index (χ1v) is 26.7. The Bertz CT molecular complexity index is 2500. The number of guanidine groups is 1. The van der Waals surface area contributed by atoms with Crippen molar-refractivity contribution in [1.82, 2.24) is 47.5 Å². The molecule has 0 bridgehead atoms. The van der Waals surface area contributed by atoms with Gasteiger partial charge in [-0.1, -0.05) is 96.5 Å². The topological polar surface area (TPSA) is 408 Å². The predicted octanol–water partition coefficient (Wildman–Crippen LogP) is -0.774. The number of benzene rings is 2. The third kappa shape index (κ3) is 21.8. The number of aromatic nitrogens is 1. The summed E-state index contributed by atoms with van der Waals surface area (Å²) in [6, 6.07) is 7.42. The molecule has 1 heterocycles. The quantitative estimate of drug-likeness (QED) is 0.0199. The van der Waals surface area contributed by atoms with Crippen molar-refractivity contribution >= 4 is 70.0 Å². The van der Waals surface area contributed by atoms with Crippen LogP contribution in [-0.2, 0) is 56.0 Å². The third-order valence-corrected chi connectivity index (χ3v) is 13.1. The molecule has 0 spiro atoms. The zero-order chi connectivity index (χ0) is 58.1. The number of primary amides is 1. The van der Waals surface area contributed by atoms with Gasteiger partial charge in [-0.3, -0.25) is 48.1 Å². The van der Waals surface area contributed by atoms with Crippen LogP contribution >= 0.6 is 0 Å². The first-order chi connectivity index (χ1) is 36.9. The van der Waals surface area contributed by atoms with Crippen LogP contribution in [0.4, 0.5) is 0 Å². The fourth-order valence-corrected chi connectivity index (χ4v) is 8.43. The van der Waals surface area contributed by atoms with Crippen LogP contribution in [0.1, 0.15) is 105 Å². The molecule has 0 saturated heterocycles. The summed E-state index contributed by atoms with van der Waals surface area (Å²) in [6.07, 6.45) is 4.06. The van der Waals surface area contributed by atoms with Gasteiger partial charge in [-0.2, -0.15) is 0 Å². The minimum absolute atomic E-state index is 0.0398. The number of aliphatic imine (C=N–C) groups is 1. The zero-order valence-electron chi connectivity index (χ0n) is 46.1. The van der Waals surface area contributed by atoms with Gasteiger partial charge < -0.3 is 76.2 Å². The largest absolute Gasteiger partial charge is 0.370 e. The van der Waals surface area contributed by atoms with E-state index in [0.717, 1.165) is 16.5 Å². The van der Waals surface area contributed by atoms with Gasteiger partial charge in [0.15, 0.2) is 5.96 Å². The van der Waals surface area contributed by atoms with E-state index in [-0.39, 0.29) is 56.4 Å². The number of H-pyrrole nitrogens is 1. The van der Waals surface area contributed by atoms with Crippen molar-refractivity contribution in [3.8, 4) is 0 Å². The number of amides is 9. The molecule has 0 radical (unpaired) electrons. The molecular weight excluding hydrogens is 1000 g/mol. The predicted molar refractivity (Wildman–Crippen MR) is 298 cm³/mol. The van der Waals surface area contributed by atoms with Crippen LogP contribution in [0.2, 0.25) is 0 Å². The van der Waals surface area contributed by atoms with Gasteiger partial charge >= 0.3 is 0 Å². The fraction of sp³-hybridized carbons (Fsp3) is 0.556. The van der Waals surface area contributed by atoms with E-state index in [1.807, 2.05) is 75.4 Å². The maximum Gasteiger partial charge on any atom is 0.243 e. The second-order valence-corrected chi connectivity index (χ2v) is 20.5. The second kappa shape index (κ2) is 32.9. The molecule has 0 unspecified atom stereocenters. The van der Waals surface area contributed by atoms with E-state index in [1.165, 1.54) is 6.92 Å². The number of aromatic amines is 1. The van der Waals surface area contributed by atoms with Crippen molar-refractivity contribution in [3.05, 3.63) is 71.9 Å². The Morgan fingerprint density at radius 1 is 0.603 bits per heavy atom. The SMILES string of the molecule is CC[C@H](C)[C@H](NC(=O)[C@@H](N)Cc1ccccc1)C(=O)N[C@@H](C)C(=O)N[C@@H](Cc1c[nH]c2ccccc12)C(=O)N[C@@H](CC(C)C)C(=O)N[C@H](C(=O)N[C@@H](CCCCN)C(=O)NCC(=O)N[C@@H](CCCN=C(N)N)C(N)=O)C(C)C. The molecule has 3 aromatic rings. The standard InChI is InChI=1S/C54H85N15O9/c1-8-32(6)45(69-48(73)37(56)26-34-17-10-9-11-18-34)53(78)63-33(7)47(72)66-42(27-35-28-61-38-20-13-12-19-36(35)38)50(75)67-41(25-30(2)3)51(76)68-44(31(4)5)52(77)65-40(21-14-15-23-55)49(74)62-29-43(70)64-39(46(57)71)22-16-24-60-54(58)59/h9-13,17-20,28,30-33,37,39-42,44-45,61H,8,14-16,21-27,29,55-56H2,1-7H3,(H2,57,71)(H,62,74)(H,63,78)(H,64,70)(H,65,77)(H,66,72)(H,67,75)(H,68,76)(H,69,73)(H4,58,59,60)/t32-,33-,37-,39-,40-,41-,42-,44-,45-/m0/s1. The number of para-hydroxylation sites is 1. The molecule has 0 aliphatic carbocycles. The zero-order valence-corrected chi connectivity index (χ0v) is 46.1. The first kappa shape index (κ1) is 64.7. The van der Waals surface area contributed by atoms with Crippen molar-refractivity contribution in [2.45, 2.75) is 155 Å². The molecule has 2 aromatic carbocycles. The number of rotatable bonds is 34. The minimum atomic E-state index is -1.30. The molecule has 9 atom stereocenters. The third-order valence-electron chi connectivity index (χ3n) is 13.1. The number of hydrogen-bond acceptors (Lipinski definition) is 12. The Morgan fingerprint density at radius 3 is 1.83 bits per heavy atom. The van der Waals surface area contributed by atoms with Crippen molar-refractivity contribution in [1.29, 1.82) is 0 Å². The molecule has 9 amide bonds. The van der Waals surface area contributed by atoms with Gasteiger partial charge in [-0.15, -0.1) is 0 Å². The fourth-order valence-electron chi connectivity index (χ4n) is 8.43. The van der Waals surface area contributed by atoms with Crippen molar-refractivity contribution < 1.29 is 43.2 Å². The van der Waals surface area contributed by atoms with Crippen LogP contribution in [0, 0.1) is 17.8 Å². The molecule has 0 aliphatic heterocycles. The number of carbonyl (C=O) groups is 9. The van der Waals surface area contributed by atoms with Crippen molar-refractivity contribution in [2.24, 2.45) is 51.4 Å². The average Bonchev–Trinajstić information content (AvgIpc) is 3.82. The molecule has 24 heteroatoms. The lowest BCUT2D eigenvalue weighted by Gasteiger charge is -2.29. The van der Waals surface area contributed by atoms with Gasteiger partial charge in [0, 0.05) is 30.1 Å². The van der Waals surface area contributed by atoms with Crippen molar-refractivity contribution in [3.63, 3.8) is 0 Å². The van der Waals surface area contributed by atoms with Crippen molar-refractivity contribution in [2.75, 3.05) is 19.6 Å². The van der Waals surface area contributed by atoms with E-state index < -0.39 is 114 Å². The molecule has 1 aromatic heterocycles. The lowest BCUT2D eigenvalue weighted by atomic mass is 9.97. The first-order valence-electron chi connectivity index (χ1n) is 26.7. The lowest BCUT2D eigenvalue weighted by molar-refractivity contribution is -0.136. The summed E-state index contributed by atoms with van der Waals surface area (Å²) >= 11 is 0. The van der Waals surface area contributed by atoms with Crippen LogP contribution in [-0.4, -0.2) is 132 Å². The molecule has 430 valence electrons. The maximum absolute atomic E-state index is 14.6. The Morgan fingerprint density at radius 2 is 1.21 bits per heavy atom. The Kier molecular flexibility index (Phi) is 27.3. The van der Waals surface area contributed by atoms with E-state index >= 15 is 0 Å². The summed E-state index contributed by atoms with van der Waals surface area (Å²) in [5.41, 5.74) is 30.4. The van der Waals surface area contributed by atoms with E-state index in [2.05, 4.69) is 52.5 Å². The maximum atomic E-state index is 14.6. The van der Waals surface area contributed by atoms with E-state index in [4.69, 9.17) is 28.7 Å². The smallest absolute Gasteiger partial charge is 0.243 e. The molecule has 19 N–H and O–H groups in total. The van der Waals surface area contributed by atoms with Gasteiger partial charge in [0.05, 0.1) is 12.6 Å². The number of unbranched alkanes of at least 4 members (excludes halogenated alkanes) is 1. The highest BCUT2D eigenvalue weighted by Gasteiger charge is 2.35. The number of hydrogen-bond donors (Lipinski definition) is 14. The normalized spacial score (nSPS) is 14.7. The Labute approximate surface area is 456 Å². The number of fused-ring (bicyclic) bond motifs is 1. The average molecular weight is 1090 g/mol. The molecule has 24 nitrogen and oxygen atoms in total. The summed E-state index contributed by atoms with van der Waals surface area (Å²) in [4.78, 5) is 130. The summed E-state index contributed by atoms with van der Waals surface area (Å²) in [7, 11) is 0. The summed E-state index contributed by atoms with van der Waals surface area (Å²) in [5, 5.41) is 22.3. The van der Waals surface area contributed by atoms with Gasteiger partial charge in [0.2, 0.25) is 53.2 Å². The molecule has 0 aliphatic rings. The highest BCUT2D eigenvalue weighted by Crippen LogP contribution is 2.20. The molecule has 0 saturated carbocycles. The van der Waals surface area contributed by atoms with Crippen LogP contribution in [0.5, 0.6) is 0 Å². The van der Waals surface area contributed by atoms with Crippen LogP contribution in [0.25, 0.3) is 10.9 Å². The number of nitrogens with zero attached hydrogens (tertiary/aromatic N) is 1. The van der Waals surface area contributed by atoms with Gasteiger partial charge in [0.25, 0.3) is 0 Å². The molecular formula is C54H85N15O9. The number of nitrogens with one attached hydrogen (secondary N) is 9.